The minimum absolute atomic E-state index is 0.168. The van der Waals surface area contributed by atoms with Crippen LogP contribution in [0.4, 0.5) is 4.39 Å². The molecule has 1 nitrogen and oxygen atoms in total. The summed E-state index contributed by atoms with van der Waals surface area (Å²) in [6.45, 7) is 4.71. The summed E-state index contributed by atoms with van der Waals surface area (Å²) in [7, 11) is 2.02. The number of hydrogen-bond acceptors (Lipinski definition) is 1. The molecule has 1 aromatic rings. The zero-order valence-corrected chi connectivity index (χ0v) is 13.6. The molecule has 0 spiro atoms. The zero-order valence-electron chi connectivity index (χ0n) is 12.0. The van der Waals surface area contributed by atoms with Gasteiger partial charge in [0.15, 0.2) is 0 Å². The van der Waals surface area contributed by atoms with Crippen LogP contribution in [0.25, 0.3) is 0 Å². The molecule has 2 rings (SSSR count). The molecule has 0 bridgehead atoms. The predicted molar refractivity (Wildman–Crippen MR) is 81.8 cm³/mol. The van der Waals surface area contributed by atoms with Crippen molar-refractivity contribution in [2.24, 2.45) is 11.3 Å². The third-order valence-corrected chi connectivity index (χ3v) is 5.56. The molecule has 0 aliphatic heterocycles. The Morgan fingerprint density at radius 2 is 2.21 bits per heavy atom. The van der Waals surface area contributed by atoms with Gasteiger partial charge in [0.2, 0.25) is 0 Å². The first-order valence-corrected chi connectivity index (χ1v) is 7.85. The predicted octanol–water partition coefficient (Wildman–Crippen LogP) is 4.55. The van der Waals surface area contributed by atoms with Gasteiger partial charge >= 0.3 is 0 Å². The standard InChI is InChI=1S/C16H23BrFN/c1-16(2)9-5-7-12(16)14(19-3)10-11-6-4-8-13(18)15(11)17/h4,6,8,12,14,19H,5,7,9-10H2,1-3H3. The van der Waals surface area contributed by atoms with Crippen LogP contribution in [0, 0.1) is 17.2 Å². The first-order valence-electron chi connectivity index (χ1n) is 7.06. The zero-order chi connectivity index (χ0) is 14.0. The Kier molecular flexibility index (Phi) is 4.67. The van der Waals surface area contributed by atoms with Crippen LogP contribution in [0.5, 0.6) is 0 Å². The Balaban J connectivity index is 2.17. The van der Waals surface area contributed by atoms with Gasteiger partial charge in [-0.05, 0) is 65.2 Å². The number of likely N-dealkylation sites (N-methyl/N-ethyl adjacent to an activating group) is 1. The quantitative estimate of drug-likeness (QED) is 0.855. The minimum atomic E-state index is -0.168. The van der Waals surface area contributed by atoms with Crippen molar-refractivity contribution in [1.29, 1.82) is 0 Å². The Morgan fingerprint density at radius 3 is 2.79 bits per heavy atom. The molecule has 1 N–H and O–H groups in total. The average molecular weight is 328 g/mol. The molecule has 1 fully saturated rings. The maximum absolute atomic E-state index is 13.6. The highest BCUT2D eigenvalue weighted by Crippen LogP contribution is 2.45. The number of rotatable bonds is 4. The highest BCUT2D eigenvalue weighted by molar-refractivity contribution is 9.10. The van der Waals surface area contributed by atoms with Gasteiger partial charge in [0.1, 0.15) is 5.82 Å². The molecule has 0 amide bonds. The van der Waals surface area contributed by atoms with E-state index in [9.17, 15) is 4.39 Å². The van der Waals surface area contributed by atoms with E-state index in [1.165, 1.54) is 25.3 Å². The molecule has 1 aliphatic rings. The Hall–Kier alpha value is -0.410. The highest BCUT2D eigenvalue weighted by Gasteiger charge is 2.39. The van der Waals surface area contributed by atoms with Gasteiger partial charge in [-0.3, -0.25) is 0 Å². The van der Waals surface area contributed by atoms with Gasteiger partial charge in [-0.1, -0.05) is 32.4 Å². The Bertz CT molecular complexity index is 444. The van der Waals surface area contributed by atoms with Crippen LogP contribution in [-0.2, 0) is 6.42 Å². The molecular formula is C16H23BrFN. The molecule has 0 radical (unpaired) electrons. The van der Waals surface area contributed by atoms with Crippen LogP contribution >= 0.6 is 15.9 Å². The lowest BCUT2D eigenvalue weighted by atomic mass is 9.76. The second-order valence-corrected chi connectivity index (χ2v) is 7.09. The second kappa shape index (κ2) is 5.92. The average Bonchev–Trinajstić information content (AvgIpc) is 2.71. The Labute approximate surface area is 124 Å². The molecule has 3 heteroatoms. The molecule has 2 atom stereocenters. The van der Waals surface area contributed by atoms with Crippen LogP contribution in [-0.4, -0.2) is 13.1 Å². The smallest absolute Gasteiger partial charge is 0.137 e. The summed E-state index contributed by atoms with van der Waals surface area (Å²) in [4.78, 5) is 0. The normalized spacial score (nSPS) is 23.5. The summed E-state index contributed by atoms with van der Waals surface area (Å²) < 4.78 is 14.2. The number of hydrogen-bond donors (Lipinski definition) is 1. The van der Waals surface area contributed by atoms with E-state index in [0.717, 1.165) is 12.0 Å². The van der Waals surface area contributed by atoms with E-state index >= 15 is 0 Å². The van der Waals surface area contributed by atoms with Crippen molar-refractivity contribution in [3.8, 4) is 0 Å². The summed E-state index contributed by atoms with van der Waals surface area (Å²) in [6, 6.07) is 5.72. The maximum Gasteiger partial charge on any atom is 0.137 e. The number of halogens is 2. The summed E-state index contributed by atoms with van der Waals surface area (Å²) in [5.41, 5.74) is 1.44. The molecule has 0 aromatic heterocycles. The van der Waals surface area contributed by atoms with Crippen molar-refractivity contribution in [2.75, 3.05) is 7.05 Å². The van der Waals surface area contributed by atoms with E-state index in [1.54, 1.807) is 6.07 Å². The van der Waals surface area contributed by atoms with E-state index in [1.807, 2.05) is 13.1 Å². The van der Waals surface area contributed by atoms with Crippen molar-refractivity contribution < 1.29 is 4.39 Å². The lowest BCUT2D eigenvalue weighted by molar-refractivity contribution is 0.201. The molecule has 19 heavy (non-hydrogen) atoms. The van der Waals surface area contributed by atoms with Gasteiger partial charge in [0.25, 0.3) is 0 Å². The minimum Gasteiger partial charge on any atom is -0.316 e. The number of benzene rings is 1. The van der Waals surface area contributed by atoms with Gasteiger partial charge in [-0.25, -0.2) is 4.39 Å². The van der Waals surface area contributed by atoms with Gasteiger partial charge in [0, 0.05) is 6.04 Å². The molecule has 1 aliphatic carbocycles. The Morgan fingerprint density at radius 1 is 1.47 bits per heavy atom. The molecule has 1 aromatic carbocycles. The van der Waals surface area contributed by atoms with E-state index < -0.39 is 0 Å². The monoisotopic (exact) mass is 327 g/mol. The third-order valence-electron chi connectivity index (χ3n) is 4.67. The van der Waals surface area contributed by atoms with E-state index in [4.69, 9.17) is 0 Å². The summed E-state index contributed by atoms with van der Waals surface area (Å²) >= 11 is 3.37. The molecular weight excluding hydrogens is 305 g/mol. The fourth-order valence-electron chi connectivity index (χ4n) is 3.49. The van der Waals surface area contributed by atoms with E-state index in [0.29, 0.717) is 21.8 Å². The topological polar surface area (TPSA) is 12.0 Å². The van der Waals surface area contributed by atoms with Crippen LogP contribution in [0.2, 0.25) is 0 Å². The lowest BCUT2D eigenvalue weighted by Crippen LogP contribution is -2.40. The molecule has 0 heterocycles. The third kappa shape index (κ3) is 3.19. The molecule has 0 saturated heterocycles. The fraction of sp³-hybridized carbons (Fsp3) is 0.625. The van der Waals surface area contributed by atoms with Gasteiger partial charge in [0.05, 0.1) is 4.47 Å². The lowest BCUT2D eigenvalue weighted by Gasteiger charge is -2.34. The van der Waals surface area contributed by atoms with Crippen molar-refractivity contribution in [3.05, 3.63) is 34.1 Å². The molecule has 106 valence electrons. The summed E-state index contributed by atoms with van der Waals surface area (Å²) in [5, 5.41) is 3.45. The first kappa shape index (κ1) is 15.0. The molecule has 2 unspecified atom stereocenters. The summed E-state index contributed by atoms with van der Waals surface area (Å²) in [5.74, 6) is 0.491. The maximum atomic E-state index is 13.6. The second-order valence-electron chi connectivity index (χ2n) is 6.30. The van der Waals surface area contributed by atoms with Crippen molar-refractivity contribution >= 4 is 15.9 Å². The SMILES string of the molecule is CNC(Cc1cccc(F)c1Br)C1CCCC1(C)C. The fourth-order valence-corrected chi connectivity index (χ4v) is 3.91. The van der Waals surface area contributed by atoms with Crippen LogP contribution in [0.3, 0.4) is 0 Å². The number of nitrogens with one attached hydrogen (secondary N) is 1. The van der Waals surface area contributed by atoms with Crippen molar-refractivity contribution in [3.63, 3.8) is 0 Å². The van der Waals surface area contributed by atoms with Gasteiger partial charge in [-0.2, -0.15) is 0 Å². The largest absolute Gasteiger partial charge is 0.316 e. The summed E-state index contributed by atoms with van der Waals surface area (Å²) in [6.07, 6.45) is 4.74. The van der Waals surface area contributed by atoms with Crippen molar-refractivity contribution in [1.82, 2.24) is 5.32 Å². The highest BCUT2D eigenvalue weighted by atomic mass is 79.9. The first-order chi connectivity index (χ1) is 8.95. The van der Waals surface area contributed by atoms with E-state index in [2.05, 4.69) is 35.1 Å². The van der Waals surface area contributed by atoms with Crippen molar-refractivity contribution in [2.45, 2.75) is 45.6 Å². The van der Waals surface area contributed by atoms with Crippen LogP contribution in [0.1, 0.15) is 38.7 Å². The van der Waals surface area contributed by atoms with E-state index in [-0.39, 0.29) is 5.82 Å². The van der Waals surface area contributed by atoms with Gasteiger partial charge < -0.3 is 5.32 Å². The van der Waals surface area contributed by atoms with Gasteiger partial charge in [-0.15, -0.1) is 0 Å². The van der Waals surface area contributed by atoms with Crippen LogP contribution < -0.4 is 5.32 Å². The van der Waals surface area contributed by atoms with Crippen LogP contribution in [0.15, 0.2) is 22.7 Å². The molecule has 1 saturated carbocycles.